The molecule has 2 unspecified atom stereocenters. The lowest BCUT2D eigenvalue weighted by Crippen LogP contribution is -2.36. The molecule has 0 bridgehead atoms. The number of aromatic hydroxyl groups is 1. The van der Waals surface area contributed by atoms with Crippen LogP contribution in [-0.2, 0) is 0 Å². The molecule has 0 spiro atoms. The van der Waals surface area contributed by atoms with Gasteiger partial charge >= 0.3 is 5.63 Å². The van der Waals surface area contributed by atoms with Crippen molar-refractivity contribution in [1.82, 2.24) is 0 Å². The highest BCUT2D eigenvalue weighted by atomic mass is 16.6. The molecule has 2 heterocycles. The molecule has 3 aromatic rings. The van der Waals surface area contributed by atoms with Crippen molar-refractivity contribution in [2.75, 3.05) is 20.8 Å². The summed E-state index contributed by atoms with van der Waals surface area (Å²) in [5.41, 5.74) is 0.484. The van der Waals surface area contributed by atoms with Crippen molar-refractivity contribution in [1.29, 1.82) is 0 Å². The van der Waals surface area contributed by atoms with Crippen LogP contribution >= 0.6 is 0 Å². The summed E-state index contributed by atoms with van der Waals surface area (Å²) in [4.78, 5) is 11.4. The van der Waals surface area contributed by atoms with Crippen molar-refractivity contribution in [2.24, 2.45) is 0 Å². The lowest BCUT2D eigenvalue weighted by Gasteiger charge is -2.33. The van der Waals surface area contributed by atoms with Crippen LogP contribution in [0.2, 0.25) is 0 Å². The van der Waals surface area contributed by atoms with E-state index >= 15 is 0 Å². The number of hydrogen-bond donors (Lipinski definition) is 2. The van der Waals surface area contributed by atoms with Crippen LogP contribution in [0.4, 0.5) is 0 Å². The number of phenols is 1. The molecule has 4 rings (SSSR count). The van der Waals surface area contributed by atoms with Crippen LogP contribution in [0.1, 0.15) is 11.7 Å². The number of methoxy groups -OCH3 is 2. The van der Waals surface area contributed by atoms with Gasteiger partial charge < -0.3 is 33.6 Å². The highest BCUT2D eigenvalue weighted by Crippen LogP contribution is 2.45. The molecule has 0 radical (unpaired) electrons. The quantitative estimate of drug-likeness (QED) is 0.658. The molecule has 2 N–H and O–H groups in total. The average Bonchev–Trinajstić information content (AvgIpc) is 2.71. The van der Waals surface area contributed by atoms with Crippen molar-refractivity contribution in [3.63, 3.8) is 0 Å². The maximum absolute atomic E-state index is 11.4. The van der Waals surface area contributed by atoms with Crippen LogP contribution < -0.4 is 24.6 Å². The van der Waals surface area contributed by atoms with Crippen LogP contribution in [0.25, 0.3) is 11.0 Å². The number of aliphatic hydroxyl groups is 1. The topological polar surface area (TPSA) is 108 Å². The molecule has 0 saturated heterocycles. The molecule has 146 valence electrons. The SMILES string of the molecule is COc1cc(C2Oc3cc4ccc(=O)oc4cc3OC2CO)cc(OC)c1O. The van der Waals surface area contributed by atoms with Gasteiger partial charge in [-0.1, -0.05) is 0 Å². The van der Waals surface area contributed by atoms with E-state index < -0.39 is 17.8 Å². The summed E-state index contributed by atoms with van der Waals surface area (Å²) in [5.74, 6) is 1.07. The van der Waals surface area contributed by atoms with Crippen LogP contribution in [0.15, 0.2) is 45.6 Å². The zero-order valence-corrected chi connectivity index (χ0v) is 15.2. The van der Waals surface area contributed by atoms with Crippen LogP contribution in [0, 0.1) is 0 Å². The number of ether oxygens (including phenoxy) is 4. The molecule has 1 aliphatic heterocycles. The molecule has 2 atom stereocenters. The van der Waals surface area contributed by atoms with E-state index in [-0.39, 0.29) is 23.9 Å². The minimum Gasteiger partial charge on any atom is -0.502 e. The smallest absolute Gasteiger partial charge is 0.336 e. The monoisotopic (exact) mass is 386 g/mol. The summed E-state index contributed by atoms with van der Waals surface area (Å²) in [6, 6.07) is 9.40. The van der Waals surface area contributed by atoms with Gasteiger partial charge in [-0.15, -0.1) is 0 Å². The largest absolute Gasteiger partial charge is 0.502 e. The van der Waals surface area contributed by atoms with Crippen molar-refractivity contribution >= 4 is 11.0 Å². The number of benzene rings is 2. The number of fused-ring (bicyclic) bond motifs is 2. The lowest BCUT2D eigenvalue weighted by atomic mass is 10.0. The van der Waals surface area contributed by atoms with Gasteiger partial charge in [-0.25, -0.2) is 4.79 Å². The number of aliphatic hydroxyl groups excluding tert-OH is 1. The molecule has 0 fully saturated rings. The molecular formula is C20H18O8. The summed E-state index contributed by atoms with van der Waals surface area (Å²) in [6.07, 6.45) is -1.42. The number of phenolic OH excluding ortho intramolecular Hbond substituents is 1. The van der Waals surface area contributed by atoms with E-state index in [9.17, 15) is 15.0 Å². The van der Waals surface area contributed by atoms with Gasteiger partial charge in [-0.05, 0) is 24.3 Å². The fraction of sp³-hybridized carbons (Fsp3) is 0.250. The van der Waals surface area contributed by atoms with Crippen LogP contribution in [0.5, 0.6) is 28.7 Å². The normalized spacial score (nSPS) is 18.1. The van der Waals surface area contributed by atoms with Gasteiger partial charge in [0.25, 0.3) is 0 Å². The molecule has 2 aromatic carbocycles. The summed E-state index contributed by atoms with van der Waals surface area (Å²) >= 11 is 0. The van der Waals surface area contributed by atoms with E-state index in [1.54, 1.807) is 30.3 Å². The average molecular weight is 386 g/mol. The van der Waals surface area contributed by atoms with E-state index in [1.165, 1.54) is 20.3 Å². The van der Waals surface area contributed by atoms with Gasteiger partial charge in [0.05, 0.1) is 20.8 Å². The van der Waals surface area contributed by atoms with E-state index in [0.29, 0.717) is 28.0 Å². The maximum Gasteiger partial charge on any atom is 0.336 e. The van der Waals surface area contributed by atoms with Gasteiger partial charge in [0, 0.05) is 23.1 Å². The Morgan fingerprint density at radius 2 is 1.68 bits per heavy atom. The highest BCUT2D eigenvalue weighted by molar-refractivity contribution is 5.80. The van der Waals surface area contributed by atoms with E-state index in [4.69, 9.17) is 23.4 Å². The first kappa shape index (κ1) is 18.0. The van der Waals surface area contributed by atoms with Crippen molar-refractivity contribution < 1.29 is 33.6 Å². The van der Waals surface area contributed by atoms with E-state index in [1.807, 2.05) is 0 Å². The first-order valence-corrected chi connectivity index (χ1v) is 8.51. The van der Waals surface area contributed by atoms with Crippen molar-refractivity contribution in [3.8, 4) is 28.7 Å². The number of rotatable bonds is 4. The second-order valence-corrected chi connectivity index (χ2v) is 6.24. The third kappa shape index (κ3) is 2.97. The van der Waals surface area contributed by atoms with Gasteiger partial charge in [0.1, 0.15) is 5.58 Å². The molecule has 1 aromatic heterocycles. The molecule has 0 aliphatic carbocycles. The second-order valence-electron chi connectivity index (χ2n) is 6.24. The summed E-state index contributed by atoms with van der Waals surface area (Å²) in [5, 5.41) is 20.6. The van der Waals surface area contributed by atoms with E-state index in [0.717, 1.165) is 0 Å². The Balaban J connectivity index is 1.80. The minimum absolute atomic E-state index is 0.132. The molecular weight excluding hydrogens is 368 g/mol. The summed E-state index contributed by atoms with van der Waals surface area (Å²) in [6.45, 7) is -0.327. The Bertz CT molecular complexity index is 1060. The van der Waals surface area contributed by atoms with Crippen LogP contribution in [-0.4, -0.2) is 37.1 Å². The Kier molecular flexibility index (Phi) is 4.48. The summed E-state index contributed by atoms with van der Waals surface area (Å²) < 4.78 is 27.6. The Morgan fingerprint density at radius 1 is 1.00 bits per heavy atom. The Hall–Kier alpha value is -3.39. The van der Waals surface area contributed by atoms with Crippen LogP contribution in [0.3, 0.4) is 0 Å². The first-order valence-electron chi connectivity index (χ1n) is 8.51. The predicted molar refractivity (Wildman–Crippen MR) is 98.6 cm³/mol. The molecule has 0 saturated carbocycles. The molecule has 1 aliphatic rings. The third-order valence-electron chi connectivity index (χ3n) is 4.57. The predicted octanol–water partition coefficient (Wildman–Crippen LogP) is 2.39. The minimum atomic E-state index is -0.737. The lowest BCUT2D eigenvalue weighted by molar-refractivity contribution is -0.0123. The third-order valence-corrected chi connectivity index (χ3v) is 4.57. The van der Waals surface area contributed by atoms with Gasteiger partial charge in [-0.2, -0.15) is 0 Å². The van der Waals surface area contributed by atoms with E-state index in [2.05, 4.69) is 0 Å². The number of hydrogen-bond acceptors (Lipinski definition) is 8. The van der Waals surface area contributed by atoms with Gasteiger partial charge in [0.2, 0.25) is 5.75 Å². The molecule has 8 nitrogen and oxygen atoms in total. The molecule has 0 amide bonds. The summed E-state index contributed by atoms with van der Waals surface area (Å²) in [7, 11) is 2.85. The highest BCUT2D eigenvalue weighted by Gasteiger charge is 2.34. The Labute approximate surface area is 159 Å². The second kappa shape index (κ2) is 6.97. The zero-order valence-electron chi connectivity index (χ0n) is 15.2. The van der Waals surface area contributed by atoms with Gasteiger partial charge in [-0.3, -0.25) is 0 Å². The standard InChI is InChI=1S/C20H18O8/c1-24-15-6-11(7-16(25-2)19(15)23)20-17(9-21)26-14-8-12-10(5-13(14)28-20)3-4-18(22)27-12/h3-8,17,20-21,23H,9H2,1-2H3. The zero-order chi connectivity index (χ0) is 19.8. The molecule has 28 heavy (non-hydrogen) atoms. The fourth-order valence-corrected chi connectivity index (χ4v) is 3.19. The van der Waals surface area contributed by atoms with Gasteiger partial charge in [0.15, 0.2) is 35.2 Å². The molecule has 8 heteroatoms. The fourth-order valence-electron chi connectivity index (χ4n) is 3.19. The van der Waals surface area contributed by atoms with Crippen molar-refractivity contribution in [3.05, 3.63) is 52.4 Å². The Morgan fingerprint density at radius 3 is 2.32 bits per heavy atom. The van der Waals surface area contributed by atoms with Crippen molar-refractivity contribution in [2.45, 2.75) is 12.2 Å². The maximum atomic E-state index is 11.4. The first-order chi connectivity index (χ1) is 13.5.